The van der Waals surface area contributed by atoms with Gasteiger partial charge in [-0.05, 0) is 39.7 Å². The zero-order valence-electron chi connectivity index (χ0n) is 11.4. The molecule has 108 valence electrons. The van der Waals surface area contributed by atoms with Gasteiger partial charge >= 0.3 is 0 Å². The summed E-state index contributed by atoms with van der Waals surface area (Å²) in [5, 5.41) is 0. The lowest BCUT2D eigenvalue weighted by Gasteiger charge is -2.38. The van der Waals surface area contributed by atoms with Gasteiger partial charge in [-0.3, -0.25) is 9.29 Å². The van der Waals surface area contributed by atoms with Crippen LogP contribution in [0.25, 0.3) is 0 Å². The monoisotopic (exact) mass is 280 g/mol. The van der Waals surface area contributed by atoms with E-state index in [1.54, 1.807) is 0 Å². The van der Waals surface area contributed by atoms with Gasteiger partial charge in [0, 0.05) is 18.6 Å². The van der Waals surface area contributed by atoms with Crippen LogP contribution in [0, 0.1) is 0 Å². The molecule has 0 radical (unpaired) electrons. The number of hydrogen-bond donors (Lipinski definition) is 1. The van der Waals surface area contributed by atoms with Crippen molar-refractivity contribution in [3.05, 3.63) is 0 Å². The van der Waals surface area contributed by atoms with Gasteiger partial charge in [-0.2, -0.15) is 0 Å². The predicted octanol–water partition coefficient (Wildman–Crippen LogP) is 1.53. The lowest BCUT2D eigenvalue weighted by molar-refractivity contribution is 0.116. The normalized spacial score (nSPS) is 24.1. The first-order chi connectivity index (χ1) is 8.46. The van der Waals surface area contributed by atoms with E-state index in [-0.39, 0.29) is 18.2 Å². The SMILES string of the molecule is C[C@H](CNS(=O)(=O)CCCF)N1CCCC[C@@H]1C. The van der Waals surface area contributed by atoms with E-state index in [4.69, 9.17) is 0 Å². The first kappa shape index (κ1) is 15.9. The average molecular weight is 280 g/mol. The summed E-state index contributed by atoms with van der Waals surface area (Å²) in [6.45, 7) is 5.10. The molecule has 1 heterocycles. The second-order valence-electron chi connectivity index (χ2n) is 5.14. The fraction of sp³-hybridized carbons (Fsp3) is 1.00. The van der Waals surface area contributed by atoms with E-state index < -0.39 is 16.7 Å². The Kier molecular flexibility index (Phi) is 6.52. The van der Waals surface area contributed by atoms with Gasteiger partial charge in [-0.15, -0.1) is 0 Å². The lowest BCUT2D eigenvalue weighted by Crippen LogP contribution is -2.48. The summed E-state index contributed by atoms with van der Waals surface area (Å²) in [5.41, 5.74) is 0. The molecule has 6 heteroatoms. The Morgan fingerprint density at radius 1 is 1.44 bits per heavy atom. The molecule has 0 aromatic carbocycles. The minimum absolute atomic E-state index is 0.0732. The number of hydrogen-bond acceptors (Lipinski definition) is 3. The van der Waals surface area contributed by atoms with Gasteiger partial charge in [0.25, 0.3) is 0 Å². The summed E-state index contributed by atoms with van der Waals surface area (Å²) in [7, 11) is -3.31. The second kappa shape index (κ2) is 7.40. The highest BCUT2D eigenvalue weighted by molar-refractivity contribution is 7.89. The van der Waals surface area contributed by atoms with Crippen molar-refractivity contribution in [3.63, 3.8) is 0 Å². The smallest absolute Gasteiger partial charge is 0.211 e. The standard InChI is InChI=1S/C12H25FN2O2S/c1-11-6-3-4-8-15(11)12(2)10-14-18(16,17)9-5-7-13/h11-12,14H,3-10H2,1-2H3/t11-,12+/m0/s1. The summed E-state index contributed by atoms with van der Waals surface area (Å²) in [5.74, 6) is -0.119. The van der Waals surface area contributed by atoms with E-state index in [0.717, 1.165) is 6.54 Å². The Labute approximate surface area is 110 Å². The van der Waals surface area contributed by atoms with Crippen molar-refractivity contribution < 1.29 is 12.8 Å². The highest BCUT2D eigenvalue weighted by Gasteiger charge is 2.23. The molecule has 0 amide bonds. The minimum Gasteiger partial charge on any atom is -0.297 e. The topological polar surface area (TPSA) is 49.4 Å². The van der Waals surface area contributed by atoms with Crippen LogP contribution in [0.3, 0.4) is 0 Å². The van der Waals surface area contributed by atoms with Crippen molar-refractivity contribution in [1.29, 1.82) is 0 Å². The Bertz CT molecular complexity index is 335. The molecular weight excluding hydrogens is 255 g/mol. The molecule has 4 nitrogen and oxygen atoms in total. The first-order valence-corrected chi connectivity index (χ1v) is 8.40. The number of nitrogens with one attached hydrogen (secondary N) is 1. The zero-order valence-corrected chi connectivity index (χ0v) is 12.2. The Balaban J connectivity index is 2.37. The Morgan fingerprint density at radius 3 is 2.78 bits per heavy atom. The summed E-state index contributed by atoms with van der Waals surface area (Å²) in [6, 6.07) is 0.713. The highest BCUT2D eigenvalue weighted by atomic mass is 32.2. The molecule has 1 N–H and O–H groups in total. The van der Waals surface area contributed by atoms with E-state index in [2.05, 4.69) is 16.5 Å². The largest absolute Gasteiger partial charge is 0.297 e. The molecule has 1 rings (SSSR count). The molecule has 0 spiro atoms. The van der Waals surface area contributed by atoms with Crippen molar-refractivity contribution >= 4 is 10.0 Å². The van der Waals surface area contributed by atoms with Crippen LogP contribution in [0.1, 0.15) is 39.5 Å². The molecule has 0 aliphatic carbocycles. The van der Waals surface area contributed by atoms with Crippen LogP contribution < -0.4 is 4.72 Å². The highest BCUT2D eigenvalue weighted by Crippen LogP contribution is 2.18. The van der Waals surface area contributed by atoms with Crippen molar-refractivity contribution in [2.24, 2.45) is 0 Å². The second-order valence-corrected chi connectivity index (χ2v) is 7.07. The molecule has 0 unspecified atom stereocenters. The van der Waals surface area contributed by atoms with Crippen molar-refractivity contribution in [1.82, 2.24) is 9.62 Å². The molecule has 18 heavy (non-hydrogen) atoms. The van der Waals surface area contributed by atoms with Crippen LogP contribution in [0.5, 0.6) is 0 Å². The fourth-order valence-corrected chi connectivity index (χ4v) is 3.59. The molecular formula is C12H25FN2O2S. The Hall–Kier alpha value is -0.200. The Morgan fingerprint density at radius 2 is 2.17 bits per heavy atom. The number of likely N-dealkylation sites (tertiary alicyclic amines) is 1. The third-order valence-corrected chi connectivity index (χ3v) is 5.00. The number of halogens is 1. The molecule has 1 aliphatic rings. The summed E-state index contributed by atoms with van der Waals surface area (Å²) in [4.78, 5) is 2.35. The van der Waals surface area contributed by atoms with Gasteiger partial charge in [-0.1, -0.05) is 6.42 Å². The molecule has 0 bridgehead atoms. The van der Waals surface area contributed by atoms with E-state index in [1.165, 1.54) is 19.3 Å². The molecule has 0 saturated carbocycles. The van der Waals surface area contributed by atoms with Crippen LogP contribution in [-0.4, -0.2) is 50.9 Å². The zero-order chi connectivity index (χ0) is 13.6. The predicted molar refractivity (Wildman–Crippen MR) is 71.9 cm³/mol. The third kappa shape index (κ3) is 5.20. The lowest BCUT2D eigenvalue weighted by atomic mass is 10.0. The van der Waals surface area contributed by atoms with Crippen molar-refractivity contribution in [2.75, 3.05) is 25.5 Å². The van der Waals surface area contributed by atoms with E-state index in [1.807, 2.05) is 6.92 Å². The fourth-order valence-electron chi connectivity index (χ4n) is 2.46. The van der Waals surface area contributed by atoms with Crippen molar-refractivity contribution in [3.8, 4) is 0 Å². The van der Waals surface area contributed by atoms with Gasteiger partial charge in [0.1, 0.15) is 0 Å². The van der Waals surface area contributed by atoms with Crippen LogP contribution in [0.15, 0.2) is 0 Å². The van der Waals surface area contributed by atoms with Crippen molar-refractivity contribution in [2.45, 2.75) is 51.6 Å². The maximum Gasteiger partial charge on any atom is 0.211 e. The van der Waals surface area contributed by atoms with Crippen LogP contribution in [0.4, 0.5) is 4.39 Å². The first-order valence-electron chi connectivity index (χ1n) is 6.75. The van der Waals surface area contributed by atoms with Gasteiger partial charge in [0.05, 0.1) is 12.4 Å². The molecule has 1 aliphatic heterocycles. The maximum absolute atomic E-state index is 12.0. The molecule has 1 fully saturated rings. The number of nitrogens with zero attached hydrogens (tertiary/aromatic N) is 1. The van der Waals surface area contributed by atoms with E-state index in [0.29, 0.717) is 12.6 Å². The minimum atomic E-state index is -3.31. The molecule has 0 aromatic rings. The summed E-state index contributed by atoms with van der Waals surface area (Å²) >= 11 is 0. The molecule has 0 aromatic heterocycles. The van der Waals surface area contributed by atoms with Gasteiger partial charge in [0.15, 0.2) is 0 Å². The maximum atomic E-state index is 12.0. The number of piperidine rings is 1. The van der Waals surface area contributed by atoms with Crippen LogP contribution in [0.2, 0.25) is 0 Å². The van der Waals surface area contributed by atoms with Gasteiger partial charge in [0.2, 0.25) is 10.0 Å². The average Bonchev–Trinajstić information content (AvgIpc) is 2.34. The van der Waals surface area contributed by atoms with Gasteiger partial charge < -0.3 is 0 Å². The van der Waals surface area contributed by atoms with Crippen LogP contribution >= 0.6 is 0 Å². The third-order valence-electron chi connectivity index (χ3n) is 3.57. The number of rotatable bonds is 7. The van der Waals surface area contributed by atoms with Crippen LogP contribution in [-0.2, 0) is 10.0 Å². The number of alkyl halides is 1. The summed E-state index contributed by atoms with van der Waals surface area (Å²) in [6.07, 6.45) is 3.69. The van der Waals surface area contributed by atoms with Gasteiger partial charge in [-0.25, -0.2) is 13.1 Å². The molecule has 1 saturated heterocycles. The quantitative estimate of drug-likeness (QED) is 0.769. The summed E-state index contributed by atoms with van der Waals surface area (Å²) < 4.78 is 37.7. The molecule has 2 atom stereocenters. The number of sulfonamides is 1. The van der Waals surface area contributed by atoms with E-state index in [9.17, 15) is 12.8 Å². The van der Waals surface area contributed by atoms with E-state index >= 15 is 0 Å².